The Kier molecular flexibility index (Phi) is 4.71. The second-order valence-electron chi connectivity index (χ2n) is 5.91. The first-order valence-corrected chi connectivity index (χ1v) is 8.35. The minimum atomic E-state index is -0.533. The van der Waals surface area contributed by atoms with Crippen LogP contribution in [0.4, 0.5) is 4.79 Å². The number of nitrogens with one attached hydrogen (secondary N) is 1. The van der Waals surface area contributed by atoms with Crippen LogP contribution >= 0.6 is 0 Å². The Bertz CT molecular complexity index is 942. The van der Waals surface area contributed by atoms with E-state index < -0.39 is 6.09 Å². The predicted octanol–water partition coefficient (Wildman–Crippen LogP) is 3.11. The summed E-state index contributed by atoms with van der Waals surface area (Å²) < 4.78 is 21.0. The summed E-state index contributed by atoms with van der Waals surface area (Å²) in [5, 5.41) is 6.74. The Morgan fingerprint density at radius 3 is 2.93 bits per heavy atom. The van der Waals surface area contributed by atoms with Crippen LogP contribution in [0.15, 0.2) is 53.1 Å². The fourth-order valence-electron chi connectivity index (χ4n) is 2.79. The molecule has 4 rings (SSSR count). The molecule has 0 unspecified atom stereocenters. The Hall–Kier alpha value is -3.39. The van der Waals surface area contributed by atoms with Gasteiger partial charge in [-0.15, -0.1) is 0 Å². The van der Waals surface area contributed by atoms with Gasteiger partial charge in [-0.2, -0.15) is 4.98 Å². The number of hydrogen-bond acceptors (Lipinski definition) is 7. The van der Waals surface area contributed by atoms with Crippen LogP contribution in [0.2, 0.25) is 0 Å². The van der Waals surface area contributed by atoms with Gasteiger partial charge in [0.15, 0.2) is 0 Å². The van der Waals surface area contributed by atoms with Crippen LogP contribution in [0.25, 0.3) is 11.4 Å². The maximum atomic E-state index is 12.1. The highest BCUT2D eigenvalue weighted by Crippen LogP contribution is 2.35. The molecule has 8 nitrogen and oxygen atoms in total. The zero-order valence-corrected chi connectivity index (χ0v) is 14.5. The van der Waals surface area contributed by atoms with E-state index in [0.29, 0.717) is 29.8 Å². The summed E-state index contributed by atoms with van der Waals surface area (Å²) in [6.45, 7) is 0.577. The highest BCUT2D eigenvalue weighted by Gasteiger charge is 2.27. The maximum absolute atomic E-state index is 12.1. The van der Waals surface area contributed by atoms with Crippen molar-refractivity contribution in [2.45, 2.75) is 12.6 Å². The fourth-order valence-corrected chi connectivity index (χ4v) is 2.79. The van der Waals surface area contributed by atoms with Gasteiger partial charge in [-0.1, -0.05) is 35.5 Å². The van der Waals surface area contributed by atoms with Gasteiger partial charge in [-0.05, 0) is 18.2 Å². The van der Waals surface area contributed by atoms with Gasteiger partial charge in [0.1, 0.15) is 24.7 Å². The van der Waals surface area contributed by atoms with Gasteiger partial charge in [0, 0.05) is 18.2 Å². The number of fused-ring (bicyclic) bond motifs is 1. The van der Waals surface area contributed by atoms with E-state index in [1.807, 2.05) is 24.3 Å². The van der Waals surface area contributed by atoms with Gasteiger partial charge in [-0.3, -0.25) is 0 Å². The molecule has 138 valence electrons. The highest BCUT2D eigenvalue weighted by atomic mass is 16.6. The molecule has 0 fully saturated rings. The van der Waals surface area contributed by atoms with Crippen molar-refractivity contribution in [3.63, 3.8) is 0 Å². The molecule has 0 aliphatic carbocycles. The van der Waals surface area contributed by atoms with Gasteiger partial charge in [0.2, 0.25) is 5.82 Å². The number of ether oxygens (including phenoxy) is 3. The van der Waals surface area contributed by atoms with Crippen LogP contribution in [-0.2, 0) is 11.3 Å². The van der Waals surface area contributed by atoms with Gasteiger partial charge in [0.05, 0.1) is 6.04 Å². The number of para-hydroxylation sites is 1. The molecule has 0 spiro atoms. The molecular formula is C19H17N3O5. The van der Waals surface area contributed by atoms with E-state index in [0.717, 1.165) is 11.1 Å². The molecule has 0 saturated carbocycles. The SMILES string of the molecule is COCc1nc(-c2ccc3c(c2)OC[C@H]3NC(=O)Oc2ccccc2)no1. The largest absolute Gasteiger partial charge is 0.491 e. The highest BCUT2D eigenvalue weighted by molar-refractivity contribution is 5.71. The summed E-state index contributed by atoms with van der Waals surface area (Å²) >= 11 is 0. The van der Waals surface area contributed by atoms with Crippen LogP contribution < -0.4 is 14.8 Å². The first kappa shape index (κ1) is 17.0. The molecule has 0 bridgehead atoms. The minimum absolute atomic E-state index is 0.254. The smallest absolute Gasteiger partial charge is 0.413 e. The molecule has 3 aromatic rings. The monoisotopic (exact) mass is 367 g/mol. The van der Waals surface area contributed by atoms with E-state index in [4.69, 9.17) is 18.7 Å². The molecule has 1 N–H and O–H groups in total. The molecular weight excluding hydrogens is 350 g/mol. The van der Waals surface area contributed by atoms with Crippen molar-refractivity contribution in [2.75, 3.05) is 13.7 Å². The number of aromatic nitrogens is 2. The number of amides is 1. The quantitative estimate of drug-likeness (QED) is 0.740. The zero-order valence-electron chi connectivity index (χ0n) is 14.5. The van der Waals surface area contributed by atoms with Gasteiger partial charge in [0.25, 0.3) is 5.89 Å². The lowest BCUT2D eigenvalue weighted by Crippen LogP contribution is -2.31. The van der Waals surface area contributed by atoms with Crippen LogP contribution in [0.5, 0.6) is 11.5 Å². The standard InChI is InChI=1S/C19H17N3O5/c1-24-11-17-21-18(22-27-17)12-7-8-14-15(10-25-16(14)9-12)20-19(23)26-13-5-3-2-4-6-13/h2-9,15H,10-11H2,1H3,(H,20,23)/t15-/m1/s1. The normalized spacial score (nSPS) is 15.1. The van der Waals surface area contributed by atoms with Gasteiger partial charge in [-0.25, -0.2) is 4.79 Å². The number of nitrogens with zero attached hydrogens (tertiary/aromatic N) is 2. The number of rotatable bonds is 5. The third-order valence-corrected chi connectivity index (χ3v) is 4.03. The van der Waals surface area contributed by atoms with Crippen molar-refractivity contribution in [2.24, 2.45) is 0 Å². The van der Waals surface area contributed by atoms with Gasteiger partial charge >= 0.3 is 6.09 Å². The molecule has 1 amide bonds. The number of benzene rings is 2. The number of methoxy groups -OCH3 is 1. The molecule has 27 heavy (non-hydrogen) atoms. The summed E-state index contributed by atoms with van der Waals surface area (Å²) in [6, 6.07) is 14.1. The summed E-state index contributed by atoms with van der Waals surface area (Å²) in [7, 11) is 1.56. The number of carbonyl (C=O) groups excluding carboxylic acids is 1. The molecule has 8 heteroatoms. The maximum Gasteiger partial charge on any atom is 0.413 e. The van der Waals surface area contributed by atoms with Crippen molar-refractivity contribution in [1.29, 1.82) is 0 Å². The average molecular weight is 367 g/mol. The van der Waals surface area contributed by atoms with E-state index in [1.54, 1.807) is 31.4 Å². The Labute approximate surface area is 155 Å². The summed E-state index contributed by atoms with van der Waals surface area (Å²) in [5.41, 5.74) is 1.62. The topological polar surface area (TPSA) is 95.7 Å². The van der Waals surface area contributed by atoms with E-state index in [2.05, 4.69) is 15.5 Å². The lowest BCUT2D eigenvalue weighted by molar-refractivity contribution is 0.151. The molecule has 1 atom stereocenters. The van der Waals surface area contributed by atoms with E-state index in [-0.39, 0.29) is 12.6 Å². The fraction of sp³-hybridized carbons (Fsp3) is 0.211. The lowest BCUT2D eigenvalue weighted by atomic mass is 10.1. The van der Waals surface area contributed by atoms with Crippen LogP contribution in [0.3, 0.4) is 0 Å². The third kappa shape index (κ3) is 3.75. The second-order valence-corrected chi connectivity index (χ2v) is 5.91. The molecule has 0 saturated heterocycles. The molecule has 1 aliphatic heterocycles. The van der Waals surface area contributed by atoms with Gasteiger partial charge < -0.3 is 24.1 Å². The third-order valence-electron chi connectivity index (χ3n) is 4.03. The van der Waals surface area contributed by atoms with Crippen molar-refractivity contribution in [3.8, 4) is 22.9 Å². The van der Waals surface area contributed by atoms with Crippen LogP contribution in [-0.4, -0.2) is 30.0 Å². The lowest BCUT2D eigenvalue weighted by Gasteiger charge is -2.12. The summed E-state index contributed by atoms with van der Waals surface area (Å²) in [6.07, 6.45) is -0.533. The second kappa shape index (κ2) is 7.46. The van der Waals surface area contributed by atoms with Crippen LogP contribution in [0.1, 0.15) is 17.5 Å². The Balaban J connectivity index is 1.45. The van der Waals surface area contributed by atoms with Crippen molar-refractivity contribution < 1.29 is 23.5 Å². The Morgan fingerprint density at radius 2 is 2.11 bits per heavy atom. The molecule has 1 aromatic heterocycles. The first-order chi connectivity index (χ1) is 13.2. The summed E-state index contributed by atoms with van der Waals surface area (Å²) in [5.74, 6) is 1.99. The predicted molar refractivity (Wildman–Crippen MR) is 94.3 cm³/mol. The number of hydrogen-bond donors (Lipinski definition) is 1. The molecule has 2 aromatic carbocycles. The minimum Gasteiger partial charge on any atom is -0.491 e. The zero-order chi connectivity index (χ0) is 18.6. The average Bonchev–Trinajstić information content (AvgIpc) is 3.30. The number of carbonyl (C=O) groups is 1. The van der Waals surface area contributed by atoms with E-state index in [9.17, 15) is 4.79 Å². The van der Waals surface area contributed by atoms with Crippen molar-refractivity contribution in [3.05, 3.63) is 60.0 Å². The van der Waals surface area contributed by atoms with Crippen LogP contribution in [0, 0.1) is 0 Å². The van der Waals surface area contributed by atoms with Crippen molar-refractivity contribution >= 4 is 6.09 Å². The van der Waals surface area contributed by atoms with E-state index in [1.165, 1.54) is 0 Å². The summed E-state index contributed by atoms with van der Waals surface area (Å²) in [4.78, 5) is 16.4. The van der Waals surface area contributed by atoms with E-state index >= 15 is 0 Å². The Morgan fingerprint density at radius 1 is 1.26 bits per heavy atom. The first-order valence-electron chi connectivity index (χ1n) is 8.35. The molecule has 2 heterocycles. The molecule has 0 radical (unpaired) electrons. The molecule has 1 aliphatic rings. The van der Waals surface area contributed by atoms with Crippen molar-refractivity contribution in [1.82, 2.24) is 15.5 Å².